The van der Waals surface area contributed by atoms with Crippen LogP contribution in [0.2, 0.25) is 0 Å². The highest BCUT2D eigenvalue weighted by molar-refractivity contribution is 6.03. The van der Waals surface area contributed by atoms with Crippen LogP contribution >= 0.6 is 0 Å². The number of pyridine rings is 1. The number of likely N-dealkylation sites (N-methyl/N-ethyl adjacent to an activating group) is 1. The minimum atomic E-state index is -0.172. The number of anilines is 1. The van der Waals surface area contributed by atoms with Crippen molar-refractivity contribution in [1.82, 2.24) is 29.5 Å². The minimum absolute atomic E-state index is 0.160. The molecule has 6 rings (SSSR count). The van der Waals surface area contributed by atoms with Crippen molar-refractivity contribution in [2.45, 2.75) is 57.0 Å². The van der Waals surface area contributed by atoms with Gasteiger partial charge in [0.2, 0.25) is 0 Å². The number of hydrogen-bond acceptors (Lipinski definition) is 7. The Morgan fingerprint density at radius 1 is 1.15 bits per heavy atom. The fraction of sp³-hybridized carbons (Fsp3) is 0.548. The Morgan fingerprint density at radius 3 is 2.65 bits per heavy atom. The van der Waals surface area contributed by atoms with Crippen LogP contribution in [0.1, 0.15) is 65.7 Å². The van der Waals surface area contributed by atoms with Gasteiger partial charge in [0.1, 0.15) is 17.8 Å². The topological polar surface area (TPSA) is 88.4 Å². The van der Waals surface area contributed by atoms with E-state index in [1.807, 2.05) is 29.8 Å². The van der Waals surface area contributed by atoms with Crippen molar-refractivity contribution in [1.29, 1.82) is 0 Å². The summed E-state index contributed by atoms with van der Waals surface area (Å²) >= 11 is 0. The van der Waals surface area contributed by atoms with Crippen LogP contribution in [-0.2, 0) is 30.2 Å². The lowest BCUT2D eigenvalue weighted by Crippen LogP contribution is -2.53. The Morgan fingerprint density at radius 2 is 1.98 bits per heavy atom. The Labute approximate surface area is 236 Å². The Kier molecular flexibility index (Phi) is 7.46. The van der Waals surface area contributed by atoms with Gasteiger partial charge in [-0.3, -0.25) is 9.69 Å². The van der Waals surface area contributed by atoms with Gasteiger partial charge in [-0.25, -0.2) is 4.98 Å². The van der Waals surface area contributed by atoms with Crippen molar-refractivity contribution in [3.63, 3.8) is 0 Å². The van der Waals surface area contributed by atoms with E-state index in [0.717, 1.165) is 68.2 Å². The Bertz CT molecular complexity index is 1360. The van der Waals surface area contributed by atoms with Crippen LogP contribution in [0, 0.1) is 5.92 Å². The third-order valence-electron chi connectivity index (χ3n) is 8.82. The molecule has 4 heterocycles. The number of piperazine rings is 1. The monoisotopic (exact) mass is 543 g/mol. The van der Waals surface area contributed by atoms with Gasteiger partial charge in [0, 0.05) is 68.4 Å². The summed E-state index contributed by atoms with van der Waals surface area (Å²) in [6, 6.07) is 12.9. The minimum Gasteiger partial charge on any atom is -0.379 e. The summed E-state index contributed by atoms with van der Waals surface area (Å²) in [5, 5.41) is 11.5. The van der Waals surface area contributed by atoms with Crippen molar-refractivity contribution in [2.24, 2.45) is 13.0 Å². The van der Waals surface area contributed by atoms with Crippen LogP contribution in [-0.4, -0.2) is 81.4 Å². The Hall–Kier alpha value is -3.14. The van der Waals surface area contributed by atoms with Gasteiger partial charge in [-0.15, -0.1) is 10.2 Å². The third kappa shape index (κ3) is 5.68. The first-order valence-corrected chi connectivity index (χ1v) is 14.6. The van der Waals surface area contributed by atoms with Gasteiger partial charge in [0.25, 0.3) is 5.91 Å². The lowest BCUT2D eigenvalue weighted by molar-refractivity contribution is -0.0610. The predicted octanol–water partition coefficient (Wildman–Crippen LogP) is 3.62. The van der Waals surface area contributed by atoms with E-state index in [2.05, 4.69) is 64.4 Å². The number of ether oxygens (including phenoxy) is 1. The molecule has 0 unspecified atom stereocenters. The predicted molar refractivity (Wildman–Crippen MR) is 154 cm³/mol. The molecule has 3 aliphatic rings. The number of rotatable bonds is 9. The summed E-state index contributed by atoms with van der Waals surface area (Å²) in [6.07, 6.45) is 4.76. The summed E-state index contributed by atoms with van der Waals surface area (Å²) in [4.78, 5) is 23.4. The van der Waals surface area contributed by atoms with Crippen LogP contribution < -0.4 is 5.32 Å². The zero-order valence-electron chi connectivity index (χ0n) is 24.1. The van der Waals surface area contributed by atoms with Crippen LogP contribution in [0.3, 0.4) is 0 Å². The van der Waals surface area contributed by atoms with Gasteiger partial charge >= 0.3 is 0 Å². The molecule has 3 aromatic rings. The zero-order valence-corrected chi connectivity index (χ0v) is 24.1. The number of nitrogens with zero attached hydrogens (tertiary/aromatic N) is 6. The third-order valence-corrected chi connectivity index (χ3v) is 8.82. The molecule has 1 aromatic carbocycles. The summed E-state index contributed by atoms with van der Waals surface area (Å²) in [7, 11) is 4.17. The number of hydrogen-bond donors (Lipinski definition) is 1. The highest BCUT2D eigenvalue weighted by atomic mass is 16.5. The van der Waals surface area contributed by atoms with Crippen molar-refractivity contribution in [3.05, 3.63) is 71.1 Å². The number of amides is 1. The number of aryl methyl sites for hydroxylation is 1. The van der Waals surface area contributed by atoms with Gasteiger partial charge in [-0.1, -0.05) is 26.0 Å². The van der Waals surface area contributed by atoms with E-state index >= 15 is 0 Å². The van der Waals surface area contributed by atoms with Crippen molar-refractivity contribution in [2.75, 3.05) is 45.2 Å². The van der Waals surface area contributed by atoms with Crippen molar-refractivity contribution in [3.8, 4) is 0 Å². The van der Waals surface area contributed by atoms with Crippen LogP contribution in [0.4, 0.5) is 5.69 Å². The standard InChI is InChI=1S/C31H41N7O2/c1-21(2)28-17-36(3)10-11-38(28)16-22-12-26(23-8-9-23)34-27(13-22)30(39)33-25-7-5-6-24(14-25)31(18-40-19-31)15-29-35-32-20-37(29)4/h5-7,12-14,20-21,23,28H,8-11,15-19H2,1-4H3,(H,33,39)/t28-/m1/s1. The van der Waals surface area contributed by atoms with E-state index in [4.69, 9.17) is 9.72 Å². The molecular weight excluding hydrogens is 502 g/mol. The molecule has 212 valence electrons. The number of carbonyl (C=O) groups excluding carboxylic acids is 1. The summed E-state index contributed by atoms with van der Waals surface area (Å²) in [6.45, 7) is 9.87. The maximum atomic E-state index is 13.6. The van der Waals surface area contributed by atoms with Gasteiger partial charge in [-0.2, -0.15) is 0 Å². The van der Waals surface area contributed by atoms with E-state index in [1.54, 1.807) is 6.33 Å². The van der Waals surface area contributed by atoms with Gasteiger partial charge in [-0.05, 0) is 61.2 Å². The lowest BCUT2D eigenvalue weighted by Gasteiger charge is -2.42. The highest BCUT2D eigenvalue weighted by Crippen LogP contribution is 2.40. The fourth-order valence-electron chi connectivity index (χ4n) is 6.07. The summed E-state index contributed by atoms with van der Waals surface area (Å²) in [5.41, 5.74) is 4.47. The van der Waals surface area contributed by atoms with E-state index in [0.29, 0.717) is 36.8 Å². The summed E-state index contributed by atoms with van der Waals surface area (Å²) in [5.74, 6) is 1.81. The van der Waals surface area contributed by atoms with Gasteiger partial charge in [0.05, 0.1) is 13.2 Å². The van der Waals surface area contributed by atoms with Gasteiger partial charge < -0.3 is 19.5 Å². The second kappa shape index (κ2) is 11.0. The quantitative estimate of drug-likeness (QED) is 0.441. The maximum Gasteiger partial charge on any atom is 0.274 e. The molecule has 9 nitrogen and oxygen atoms in total. The summed E-state index contributed by atoms with van der Waals surface area (Å²) < 4.78 is 7.61. The average Bonchev–Trinajstić information content (AvgIpc) is 3.69. The molecule has 1 atom stereocenters. The molecule has 2 saturated heterocycles. The molecule has 2 aromatic heterocycles. The van der Waals surface area contributed by atoms with Crippen LogP contribution in [0.5, 0.6) is 0 Å². The molecule has 0 spiro atoms. The van der Waals surface area contributed by atoms with E-state index < -0.39 is 0 Å². The highest BCUT2D eigenvalue weighted by Gasteiger charge is 2.42. The normalized spacial score (nSPS) is 21.4. The molecular formula is C31H41N7O2. The molecule has 40 heavy (non-hydrogen) atoms. The largest absolute Gasteiger partial charge is 0.379 e. The molecule has 1 saturated carbocycles. The van der Waals surface area contributed by atoms with E-state index in [-0.39, 0.29) is 11.3 Å². The Balaban J connectivity index is 1.21. The molecule has 0 radical (unpaired) electrons. The van der Waals surface area contributed by atoms with Crippen LogP contribution in [0.25, 0.3) is 0 Å². The van der Waals surface area contributed by atoms with Gasteiger partial charge in [0.15, 0.2) is 0 Å². The number of nitrogens with one attached hydrogen (secondary N) is 1. The molecule has 9 heteroatoms. The molecule has 1 N–H and O–H groups in total. The number of carbonyl (C=O) groups is 1. The van der Waals surface area contributed by atoms with E-state index in [1.165, 1.54) is 5.56 Å². The first-order chi connectivity index (χ1) is 19.3. The molecule has 1 amide bonds. The second-order valence-electron chi connectivity index (χ2n) is 12.4. The zero-order chi connectivity index (χ0) is 27.9. The SMILES string of the molecule is CC(C)[C@H]1CN(C)CCN1Cc1cc(C(=O)Nc2cccc(C3(Cc4nncn4C)COC3)c2)nc(C2CC2)c1. The number of aromatic nitrogens is 4. The van der Waals surface area contributed by atoms with Crippen molar-refractivity contribution < 1.29 is 9.53 Å². The molecule has 1 aliphatic carbocycles. The van der Waals surface area contributed by atoms with Crippen molar-refractivity contribution >= 4 is 11.6 Å². The first-order valence-electron chi connectivity index (χ1n) is 14.6. The average molecular weight is 544 g/mol. The first kappa shape index (κ1) is 27.1. The second-order valence-corrected chi connectivity index (χ2v) is 12.4. The molecule has 3 fully saturated rings. The number of benzene rings is 1. The maximum absolute atomic E-state index is 13.6. The van der Waals surface area contributed by atoms with Crippen LogP contribution in [0.15, 0.2) is 42.7 Å². The molecule has 2 aliphatic heterocycles. The fourth-order valence-corrected chi connectivity index (χ4v) is 6.07. The van der Waals surface area contributed by atoms with E-state index in [9.17, 15) is 4.79 Å². The molecule has 0 bridgehead atoms. The smallest absolute Gasteiger partial charge is 0.274 e. The lowest BCUT2D eigenvalue weighted by atomic mass is 9.75.